The molecule has 0 aromatic heterocycles. The molecule has 1 rings (SSSR count). The van der Waals surface area contributed by atoms with Crippen LogP contribution >= 0.6 is 11.6 Å². The Bertz CT molecular complexity index is 381. The predicted octanol–water partition coefficient (Wildman–Crippen LogP) is 5.88. The van der Waals surface area contributed by atoms with Crippen molar-refractivity contribution in [1.29, 1.82) is 0 Å². The van der Waals surface area contributed by atoms with Gasteiger partial charge in [-0.2, -0.15) is 0 Å². The number of rotatable bonds is 10. The van der Waals surface area contributed by atoms with Gasteiger partial charge in [-0.25, -0.2) is 4.39 Å². The van der Waals surface area contributed by atoms with Crippen molar-refractivity contribution < 1.29 is 4.39 Å². The topological polar surface area (TPSA) is 12.0 Å². The zero-order valence-electron chi connectivity index (χ0n) is 12.7. The fourth-order valence-electron chi connectivity index (χ4n) is 2.49. The smallest absolute Gasteiger partial charge is 0.142 e. The Kier molecular flexibility index (Phi) is 8.88. The number of nitrogens with one attached hydrogen (secondary N) is 1. The fourth-order valence-corrected chi connectivity index (χ4v) is 2.61. The Balaban J connectivity index is 2.45. The van der Waals surface area contributed by atoms with Crippen molar-refractivity contribution in [2.45, 2.75) is 64.8 Å². The molecule has 0 radical (unpaired) electrons. The summed E-state index contributed by atoms with van der Waals surface area (Å²) in [6.07, 6.45) is 8.76. The predicted molar refractivity (Wildman–Crippen MR) is 85.8 cm³/mol. The summed E-state index contributed by atoms with van der Waals surface area (Å²) < 4.78 is 13.5. The molecule has 0 aliphatic heterocycles. The standard InChI is InChI=1S/C17H27ClFN/c1-3-5-6-7-8-9-10-17(20-4-2)14-11-12-15(18)16(19)13-14/h11-13,17,20H,3-10H2,1-2H3. The van der Waals surface area contributed by atoms with E-state index < -0.39 is 0 Å². The molecular weight excluding hydrogens is 273 g/mol. The van der Waals surface area contributed by atoms with Gasteiger partial charge in [-0.15, -0.1) is 0 Å². The van der Waals surface area contributed by atoms with E-state index in [1.165, 1.54) is 38.5 Å². The Morgan fingerprint density at radius 2 is 1.80 bits per heavy atom. The molecule has 0 bridgehead atoms. The van der Waals surface area contributed by atoms with E-state index in [1.54, 1.807) is 12.1 Å². The lowest BCUT2D eigenvalue weighted by molar-refractivity contribution is 0.474. The molecule has 1 nitrogen and oxygen atoms in total. The summed E-state index contributed by atoms with van der Waals surface area (Å²) in [5.41, 5.74) is 1.00. The molecule has 0 spiro atoms. The highest BCUT2D eigenvalue weighted by molar-refractivity contribution is 6.30. The number of benzene rings is 1. The molecule has 0 saturated carbocycles. The monoisotopic (exact) mass is 299 g/mol. The van der Waals surface area contributed by atoms with Crippen LogP contribution in [-0.2, 0) is 0 Å². The van der Waals surface area contributed by atoms with E-state index in [1.807, 2.05) is 6.07 Å². The van der Waals surface area contributed by atoms with E-state index in [0.29, 0.717) is 0 Å². The summed E-state index contributed by atoms with van der Waals surface area (Å²) in [6.45, 7) is 5.21. The van der Waals surface area contributed by atoms with Gasteiger partial charge in [-0.05, 0) is 30.7 Å². The number of halogens is 2. The van der Waals surface area contributed by atoms with Crippen molar-refractivity contribution >= 4 is 11.6 Å². The Labute approximate surface area is 127 Å². The van der Waals surface area contributed by atoms with Crippen LogP contribution < -0.4 is 5.32 Å². The van der Waals surface area contributed by atoms with Gasteiger partial charge in [0.1, 0.15) is 5.82 Å². The van der Waals surface area contributed by atoms with Crippen LogP contribution in [0.1, 0.15) is 70.4 Å². The van der Waals surface area contributed by atoms with Gasteiger partial charge in [-0.1, -0.05) is 70.0 Å². The first kappa shape index (κ1) is 17.5. The quantitative estimate of drug-likeness (QED) is 0.532. The van der Waals surface area contributed by atoms with Crippen LogP contribution in [0.4, 0.5) is 4.39 Å². The maximum absolute atomic E-state index is 13.5. The molecule has 114 valence electrons. The maximum atomic E-state index is 13.5. The van der Waals surface area contributed by atoms with Gasteiger partial charge in [0, 0.05) is 6.04 Å². The van der Waals surface area contributed by atoms with Crippen LogP contribution in [0.15, 0.2) is 18.2 Å². The third-order valence-electron chi connectivity index (χ3n) is 3.64. The number of unbranched alkanes of at least 4 members (excludes halogenated alkanes) is 5. The number of hydrogen-bond acceptors (Lipinski definition) is 1. The largest absolute Gasteiger partial charge is 0.310 e. The van der Waals surface area contributed by atoms with E-state index in [-0.39, 0.29) is 16.9 Å². The summed E-state index contributed by atoms with van der Waals surface area (Å²) in [6, 6.07) is 5.37. The van der Waals surface area contributed by atoms with Crippen molar-refractivity contribution in [2.75, 3.05) is 6.54 Å². The molecule has 0 heterocycles. The third-order valence-corrected chi connectivity index (χ3v) is 3.95. The van der Waals surface area contributed by atoms with E-state index in [9.17, 15) is 4.39 Å². The van der Waals surface area contributed by atoms with Gasteiger partial charge in [0.05, 0.1) is 5.02 Å². The number of hydrogen-bond donors (Lipinski definition) is 1. The van der Waals surface area contributed by atoms with Crippen LogP contribution in [0.3, 0.4) is 0 Å². The zero-order valence-corrected chi connectivity index (χ0v) is 13.5. The second-order valence-corrected chi connectivity index (χ2v) is 5.75. The van der Waals surface area contributed by atoms with E-state index in [0.717, 1.165) is 18.5 Å². The second-order valence-electron chi connectivity index (χ2n) is 5.34. The maximum Gasteiger partial charge on any atom is 0.142 e. The van der Waals surface area contributed by atoms with E-state index >= 15 is 0 Å². The van der Waals surface area contributed by atoms with Crippen LogP contribution in [0, 0.1) is 5.82 Å². The molecule has 1 aromatic rings. The Morgan fingerprint density at radius 1 is 1.10 bits per heavy atom. The summed E-state index contributed by atoms with van der Waals surface area (Å²) in [7, 11) is 0. The molecule has 1 N–H and O–H groups in total. The minimum absolute atomic E-state index is 0.198. The van der Waals surface area contributed by atoms with Crippen LogP contribution in [0.5, 0.6) is 0 Å². The molecule has 1 atom stereocenters. The average molecular weight is 300 g/mol. The molecule has 3 heteroatoms. The summed E-state index contributed by atoms with van der Waals surface area (Å²) in [5.74, 6) is -0.324. The first-order valence-corrected chi connectivity index (χ1v) is 8.25. The minimum Gasteiger partial charge on any atom is -0.310 e. The molecule has 0 aliphatic carbocycles. The fraction of sp³-hybridized carbons (Fsp3) is 0.647. The average Bonchev–Trinajstić information content (AvgIpc) is 2.44. The van der Waals surface area contributed by atoms with Crippen LogP contribution in [0.25, 0.3) is 0 Å². The van der Waals surface area contributed by atoms with Crippen molar-refractivity contribution in [3.63, 3.8) is 0 Å². The van der Waals surface area contributed by atoms with Crippen molar-refractivity contribution in [2.24, 2.45) is 0 Å². The molecule has 0 saturated heterocycles. The Hall–Kier alpha value is -0.600. The molecule has 20 heavy (non-hydrogen) atoms. The first-order chi connectivity index (χ1) is 9.69. The highest BCUT2D eigenvalue weighted by atomic mass is 35.5. The Morgan fingerprint density at radius 3 is 2.45 bits per heavy atom. The van der Waals surface area contributed by atoms with Gasteiger partial charge >= 0.3 is 0 Å². The summed E-state index contributed by atoms with van der Waals surface area (Å²) in [4.78, 5) is 0. The lowest BCUT2D eigenvalue weighted by Crippen LogP contribution is -2.21. The van der Waals surface area contributed by atoms with Crippen LogP contribution in [-0.4, -0.2) is 6.54 Å². The van der Waals surface area contributed by atoms with Gasteiger partial charge in [0.2, 0.25) is 0 Å². The lowest BCUT2D eigenvalue weighted by atomic mass is 9.99. The molecule has 1 aromatic carbocycles. The highest BCUT2D eigenvalue weighted by Gasteiger charge is 2.12. The molecule has 0 aliphatic rings. The molecular formula is C17H27ClFN. The van der Waals surface area contributed by atoms with Crippen molar-refractivity contribution in [3.05, 3.63) is 34.6 Å². The SMILES string of the molecule is CCCCCCCCC(NCC)c1ccc(Cl)c(F)c1. The highest BCUT2D eigenvalue weighted by Crippen LogP contribution is 2.24. The van der Waals surface area contributed by atoms with Gasteiger partial charge in [0.15, 0.2) is 0 Å². The van der Waals surface area contributed by atoms with Crippen molar-refractivity contribution in [3.8, 4) is 0 Å². The van der Waals surface area contributed by atoms with Gasteiger partial charge < -0.3 is 5.32 Å². The second kappa shape index (κ2) is 10.2. The molecule has 0 fully saturated rings. The summed E-state index contributed by atoms with van der Waals surface area (Å²) >= 11 is 5.74. The first-order valence-electron chi connectivity index (χ1n) is 7.87. The molecule has 0 amide bonds. The normalized spacial score (nSPS) is 12.6. The minimum atomic E-state index is -0.324. The van der Waals surface area contributed by atoms with Crippen LogP contribution in [0.2, 0.25) is 5.02 Å². The molecule has 1 unspecified atom stereocenters. The van der Waals surface area contributed by atoms with Gasteiger partial charge in [0.25, 0.3) is 0 Å². The lowest BCUT2D eigenvalue weighted by Gasteiger charge is -2.18. The third kappa shape index (κ3) is 6.23. The van der Waals surface area contributed by atoms with E-state index in [4.69, 9.17) is 11.6 Å². The summed E-state index contributed by atoms with van der Waals surface area (Å²) in [5, 5.41) is 3.64. The van der Waals surface area contributed by atoms with E-state index in [2.05, 4.69) is 19.2 Å². The van der Waals surface area contributed by atoms with Crippen molar-refractivity contribution in [1.82, 2.24) is 5.32 Å². The zero-order chi connectivity index (χ0) is 14.8. The van der Waals surface area contributed by atoms with Gasteiger partial charge in [-0.3, -0.25) is 0 Å².